The molecule has 19 heavy (non-hydrogen) atoms. The van der Waals surface area contributed by atoms with Crippen LogP contribution >= 0.6 is 23.3 Å². The van der Waals surface area contributed by atoms with Gasteiger partial charge in [0.15, 0.2) is 0 Å². The van der Waals surface area contributed by atoms with Crippen molar-refractivity contribution in [3.63, 3.8) is 0 Å². The van der Waals surface area contributed by atoms with Gasteiger partial charge in [0.25, 0.3) is 0 Å². The minimum absolute atomic E-state index is 0.156. The molecule has 0 amide bonds. The van der Waals surface area contributed by atoms with E-state index in [0.717, 1.165) is 0 Å². The molecular weight excluding hydrogens is 285 g/mol. The Balaban J connectivity index is 2.63. The molecule has 1 heterocycles. The Morgan fingerprint density at radius 1 is 0.842 bits per heavy atom. The van der Waals surface area contributed by atoms with Gasteiger partial charge in [-0.3, -0.25) is 0 Å². The van der Waals surface area contributed by atoms with Crippen molar-refractivity contribution >= 4 is 23.3 Å². The topological polar surface area (TPSA) is 0 Å². The van der Waals surface area contributed by atoms with Crippen molar-refractivity contribution in [1.82, 2.24) is 0 Å². The molecule has 1 atom stereocenters. The number of rotatable bonds is 1. The molecule has 102 valence electrons. The van der Waals surface area contributed by atoms with E-state index in [2.05, 4.69) is 71.9 Å². The van der Waals surface area contributed by atoms with Crippen LogP contribution < -0.4 is 0 Å². The van der Waals surface area contributed by atoms with Crippen LogP contribution in [0.4, 0.5) is 0 Å². The third-order valence-corrected chi connectivity index (χ3v) is 12.6. The highest BCUT2D eigenvalue weighted by Gasteiger charge is 2.26. The van der Waals surface area contributed by atoms with Crippen LogP contribution in [0.1, 0.15) is 51.6 Å². The molecular formula is C16H23P3. The molecule has 1 unspecified atom stereocenters. The fourth-order valence-electron chi connectivity index (χ4n) is 1.86. The van der Waals surface area contributed by atoms with E-state index in [4.69, 9.17) is 0 Å². The van der Waals surface area contributed by atoms with Crippen LogP contribution in [-0.4, -0.2) is 0 Å². The van der Waals surface area contributed by atoms with Gasteiger partial charge in [-0.25, -0.2) is 0 Å². The van der Waals surface area contributed by atoms with E-state index in [0.29, 0.717) is 10.8 Å². The van der Waals surface area contributed by atoms with Crippen molar-refractivity contribution in [3.8, 4) is 5.30 Å². The smallest absolute Gasteiger partial charge is 0.0169 e. The molecule has 2 rings (SSSR count). The Hall–Kier alpha value is -0.140. The van der Waals surface area contributed by atoms with Gasteiger partial charge < -0.3 is 0 Å². The first-order valence-electron chi connectivity index (χ1n) is 6.73. The average Bonchev–Trinajstić information content (AvgIpc) is 2.74. The summed E-state index contributed by atoms with van der Waals surface area (Å²) >= 11 is 0. The zero-order valence-electron chi connectivity index (χ0n) is 12.7. The van der Waals surface area contributed by atoms with Gasteiger partial charge in [0, 0.05) is 15.4 Å². The molecule has 0 saturated carbocycles. The van der Waals surface area contributed by atoms with Crippen LogP contribution in [0.2, 0.25) is 0 Å². The normalized spacial score (nSPS) is 14.5. The Morgan fingerprint density at radius 2 is 1.42 bits per heavy atom. The maximum Gasteiger partial charge on any atom is 0.0169 e. The molecule has 0 bridgehead atoms. The Labute approximate surface area is 121 Å². The molecule has 0 nitrogen and oxygen atoms in total. The fraction of sp³-hybridized carbons (Fsp3) is 0.500. The lowest BCUT2D eigenvalue weighted by molar-refractivity contribution is 0.609. The van der Waals surface area contributed by atoms with E-state index in [9.17, 15) is 0 Å². The first kappa shape index (κ1) is 15.3. The molecule has 0 aliphatic heterocycles. The predicted octanol–water partition coefficient (Wildman–Crippen LogP) is 7.42. The Morgan fingerprint density at radius 3 is 1.89 bits per heavy atom. The molecule has 2 aromatic rings. The van der Waals surface area contributed by atoms with Crippen LogP contribution in [0.3, 0.4) is 0 Å². The van der Waals surface area contributed by atoms with Crippen LogP contribution in [-0.2, 0) is 10.8 Å². The number of hydrogen-bond donors (Lipinski definition) is 0. The van der Waals surface area contributed by atoms with Crippen LogP contribution in [0.5, 0.6) is 0 Å². The quantitative estimate of drug-likeness (QED) is 0.514. The molecule has 0 radical (unpaired) electrons. The highest BCUT2D eigenvalue weighted by Crippen LogP contribution is 2.64. The van der Waals surface area contributed by atoms with Gasteiger partial charge in [-0.05, 0) is 18.7 Å². The van der Waals surface area contributed by atoms with Gasteiger partial charge in [-0.15, -0.1) is 0 Å². The number of hydrogen-bond acceptors (Lipinski definition) is 0. The standard InChI is InChI=1S/C16H23P3/c1-15(2,3)13-17-14(16(4,5)6)19(18-13)12-10-8-7-9-11-12/h7-11H,1-6H3. The number of benzene rings is 1. The lowest BCUT2D eigenvalue weighted by Gasteiger charge is -2.19. The van der Waals surface area contributed by atoms with Crippen LogP contribution in [0, 0.1) is 0 Å². The summed E-state index contributed by atoms with van der Waals surface area (Å²) in [5.41, 5.74) is 0.634. The monoisotopic (exact) mass is 308 g/mol. The molecule has 0 saturated heterocycles. The van der Waals surface area contributed by atoms with E-state index in [1.165, 1.54) is 13.5 Å². The van der Waals surface area contributed by atoms with Crippen molar-refractivity contribution in [3.05, 3.63) is 40.4 Å². The second-order valence-corrected chi connectivity index (χ2v) is 12.9. The zero-order valence-corrected chi connectivity index (χ0v) is 15.4. The second kappa shape index (κ2) is 5.33. The molecule has 0 spiro atoms. The highest BCUT2D eigenvalue weighted by molar-refractivity contribution is 8.08. The van der Waals surface area contributed by atoms with Gasteiger partial charge in [0.1, 0.15) is 0 Å². The van der Waals surface area contributed by atoms with E-state index < -0.39 is 0 Å². The molecule has 3 heteroatoms. The third-order valence-electron chi connectivity index (χ3n) is 2.95. The Kier molecular flexibility index (Phi) is 4.28. The molecule has 0 N–H and O–H groups in total. The zero-order chi connectivity index (χ0) is 14.3. The second-order valence-electron chi connectivity index (χ2n) is 7.01. The van der Waals surface area contributed by atoms with Crippen molar-refractivity contribution in [2.75, 3.05) is 0 Å². The minimum Gasteiger partial charge on any atom is -0.0622 e. The van der Waals surface area contributed by atoms with Gasteiger partial charge >= 0.3 is 0 Å². The molecule has 0 fully saturated rings. The highest BCUT2D eigenvalue weighted by atomic mass is 31.9. The SMILES string of the molecule is CC(C)(C)c1pc(C(C)(C)C)p(-c2ccccc2)p1. The minimum atomic E-state index is -0.156. The van der Waals surface area contributed by atoms with E-state index in [1.54, 1.807) is 17.9 Å². The van der Waals surface area contributed by atoms with Gasteiger partial charge in [-0.2, -0.15) is 0 Å². The summed E-state index contributed by atoms with van der Waals surface area (Å²) in [7, 11) is 2.93. The van der Waals surface area contributed by atoms with Gasteiger partial charge in [0.05, 0.1) is 0 Å². The van der Waals surface area contributed by atoms with E-state index in [-0.39, 0.29) is 7.21 Å². The Bertz CT molecular complexity index is 554. The summed E-state index contributed by atoms with van der Waals surface area (Å²) < 4.78 is 0. The van der Waals surface area contributed by atoms with Gasteiger partial charge in [0.2, 0.25) is 0 Å². The third kappa shape index (κ3) is 3.49. The largest absolute Gasteiger partial charge is 0.0622 e. The summed E-state index contributed by atoms with van der Waals surface area (Å²) in [4.78, 5) is 0. The summed E-state index contributed by atoms with van der Waals surface area (Å²) in [5.74, 6) is 0. The van der Waals surface area contributed by atoms with Crippen molar-refractivity contribution in [2.24, 2.45) is 0 Å². The molecule has 1 aromatic carbocycles. The first-order chi connectivity index (χ1) is 8.69. The fourth-order valence-corrected chi connectivity index (χ4v) is 11.9. The van der Waals surface area contributed by atoms with Crippen molar-refractivity contribution in [2.45, 2.75) is 52.4 Å². The first-order valence-corrected chi connectivity index (χ1v) is 10.6. The van der Waals surface area contributed by atoms with Crippen molar-refractivity contribution < 1.29 is 0 Å². The van der Waals surface area contributed by atoms with Crippen LogP contribution in [0.15, 0.2) is 30.3 Å². The predicted molar refractivity (Wildman–Crippen MR) is 92.9 cm³/mol. The summed E-state index contributed by atoms with van der Waals surface area (Å²) in [6, 6.07) is 11.1. The average molecular weight is 308 g/mol. The lowest BCUT2D eigenvalue weighted by atomic mass is 10.0. The molecule has 0 aliphatic carbocycles. The maximum atomic E-state index is 2.37. The summed E-state index contributed by atoms with van der Waals surface area (Å²) in [5, 5.41) is 4.96. The molecule has 1 aromatic heterocycles. The van der Waals surface area contributed by atoms with E-state index in [1.807, 2.05) is 0 Å². The lowest BCUT2D eigenvalue weighted by Crippen LogP contribution is -2.08. The van der Waals surface area contributed by atoms with E-state index >= 15 is 0 Å². The summed E-state index contributed by atoms with van der Waals surface area (Å²) in [6.07, 6.45) is 0. The van der Waals surface area contributed by atoms with Crippen molar-refractivity contribution in [1.29, 1.82) is 0 Å². The van der Waals surface area contributed by atoms with Gasteiger partial charge in [-0.1, -0.05) is 87.3 Å². The maximum absolute atomic E-state index is 2.37. The van der Waals surface area contributed by atoms with Crippen LogP contribution in [0.25, 0.3) is 5.30 Å². The molecule has 0 aliphatic rings. The summed E-state index contributed by atoms with van der Waals surface area (Å²) in [6.45, 7) is 14.2.